The van der Waals surface area contributed by atoms with Crippen molar-refractivity contribution in [3.8, 4) is 0 Å². The summed E-state index contributed by atoms with van der Waals surface area (Å²) in [6.45, 7) is 1.78. The summed E-state index contributed by atoms with van der Waals surface area (Å²) >= 11 is 5.71. The number of halogens is 1. The van der Waals surface area contributed by atoms with Crippen molar-refractivity contribution in [1.82, 2.24) is 5.16 Å². The van der Waals surface area contributed by atoms with E-state index < -0.39 is 0 Å². The van der Waals surface area contributed by atoms with E-state index in [0.717, 1.165) is 11.3 Å². The molecule has 1 aromatic carbocycles. The first-order valence-corrected chi connectivity index (χ1v) is 5.62. The van der Waals surface area contributed by atoms with Gasteiger partial charge in [0.1, 0.15) is 0 Å². The predicted molar refractivity (Wildman–Crippen MR) is 65.2 cm³/mol. The SMILES string of the molecule is Cc1cc(NC(=O)c2cccc(CCl)c2)on1. The number of nitrogens with one attached hydrogen (secondary N) is 1. The zero-order valence-corrected chi connectivity index (χ0v) is 9.99. The van der Waals surface area contributed by atoms with Gasteiger partial charge in [-0.25, -0.2) is 0 Å². The number of aryl methyl sites for hydroxylation is 1. The van der Waals surface area contributed by atoms with Crippen molar-refractivity contribution in [3.63, 3.8) is 0 Å². The van der Waals surface area contributed by atoms with Crippen molar-refractivity contribution < 1.29 is 9.32 Å². The second-order valence-corrected chi connectivity index (χ2v) is 3.89. The lowest BCUT2D eigenvalue weighted by atomic mass is 10.1. The maximum Gasteiger partial charge on any atom is 0.258 e. The number of alkyl halides is 1. The van der Waals surface area contributed by atoms with Gasteiger partial charge < -0.3 is 4.52 Å². The van der Waals surface area contributed by atoms with Gasteiger partial charge in [0.25, 0.3) is 5.91 Å². The minimum Gasteiger partial charge on any atom is -0.338 e. The molecule has 0 aliphatic heterocycles. The highest BCUT2D eigenvalue weighted by atomic mass is 35.5. The molecule has 5 heteroatoms. The number of amides is 1. The molecule has 1 N–H and O–H groups in total. The second-order valence-electron chi connectivity index (χ2n) is 3.62. The minimum absolute atomic E-state index is 0.242. The fourth-order valence-corrected chi connectivity index (χ4v) is 1.57. The lowest BCUT2D eigenvalue weighted by Crippen LogP contribution is -2.11. The highest BCUT2D eigenvalue weighted by Crippen LogP contribution is 2.12. The van der Waals surface area contributed by atoms with E-state index >= 15 is 0 Å². The Morgan fingerprint density at radius 1 is 1.47 bits per heavy atom. The van der Waals surface area contributed by atoms with Gasteiger partial charge in [0.15, 0.2) is 0 Å². The first kappa shape index (κ1) is 11.7. The molecule has 0 saturated carbocycles. The minimum atomic E-state index is -0.242. The molecule has 0 unspecified atom stereocenters. The van der Waals surface area contributed by atoms with Crippen LogP contribution in [0.5, 0.6) is 0 Å². The predicted octanol–water partition coefficient (Wildman–Crippen LogP) is 2.97. The van der Waals surface area contributed by atoms with Crippen LogP contribution in [0.2, 0.25) is 0 Å². The molecular weight excluding hydrogens is 240 g/mol. The summed E-state index contributed by atoms with van der Waals surface area (Å²) in [4.78, 5) is 11.8. The van der Waals surface area contributed by atoms with Crippen LogP contribution >= 0.6 is 11.6 Å². The topological polar surface area (TPSA) is 55.1 Å². The molecule has 1 aromatic heterocycles. The molecule has 4 nitrogen and oxygen atoms in total. The standard InChI is InChI=1S/C12H11ClN2O2/c1-8-5-11(17-15-8)14-12(16)10-4-2-3-9(6-10)7-13/h2-6H,7H2,1H3,(H,14,16). The summed E-state index contributed by atoms with van der Waals surface area (Å²) in [5.74, 6) is 0.472. The molecule has 0 spiro atoms. The molecule has 0 aliphatic carbocycles. The summed E-state index contributed by atoms with van der Waals surface area (Å²) in [6, 6.07) is 8.77. The van der Waals surface area contributed by atoms with E-state index in [1.807, 2.05) is 6.07 Å². The molecule has 88 valence electrons. The van der Waals surface area contributed by atoms with Crippen molar-refractivity contribution >= 4 is 23.4 Å². The Bertz CT molecular complexity index is 537. The highest BCUT2D eigenvalue weighted by molar-refractivity contribution is 6.17. The summed E-state index contributed by atoms with van der Waals surface area (Å²) in [7, 11) is 0. The number of hydrogen-bond donors (Lipinski definition) is 1. The van der Waals surface area contributed by atoms with Crippen LogP contribution in [0.4, 0.5) is 5.88 Å². The van der Waals surface area contributed by atoms with Crippen molar-refractivity contribution in [3.05, 3.63) is 47.2 Å². The average Bonchev–Trinajstić information content (AvgIpc) is 2.75. The fraction of sp³-hybridized carbons (Fsp3) is 0.167. The van der Waals surface area contributed by atoms with Crippen molar-refractivity contribution in [2.45, 2.75) is 12.8 Å². The molecule has 0 bridgehead atoms. The van der Waals surface area contributed by atoms with Crippen LogP contribution in [0, 0.1) is 6.92 Å². The number of nitrogens with zero attached hydrogens (tertiary/aromatic N) is 1. The fourth-order valence-electron chi connectivity index (χ4n) is 1.40. The maximum atomic E-state index is 11.8. The molecule has 1 amide bonds. The Morgan fingerprint density at radius 2 is 2.29 bits per heavy atom. The molecular formula is C12H11ClN2O2. The molecule has 0 saturated heterocycles. The third-order valence-corrected chi connectivity index (χ3v) is 2.52. The third kappa shape index (κ3) is 2.85. The van der Waals surface area contributed by atoms with E-state index in [1.165, 1.54) is 0 Å². The maximum absolute atomic E-state index is 11.8. The van der Waals surface area contributed by atoms with Crippen LogP contribution in [-0.4, -0.2) is 11.1 Å². The van der Waals surface area contributed by atoms with Crippen LogP contribution in [0.15, 0.2) is 34.9 Å². The van der Waals surface area contributed by atoms with E-state index in [-0.39, 0.29) is 5.91 Å². The van der Waals surface area contributed by atoms with Gasteiger partial charge in [-0.1, -0.05) is 17.3 Å². The van der Waals surface area contributed by atoms with Gasteiger partial charge in [-0.2, -0.15) is 0 Å². The van der Waals surface area contributed by atoms with E-state index in [2.05, 4.69) is 10.5 Å². The number of hydrogen-bond acceptors (Lipinski definition) is 3. The smallest absolute Gasteiger partial charge is 0.258 e. The third-order valence-electron chi connectivity index (χ3n) is 2.21. The summed E-state index contributed by atoms with van der Waals surface area (Å²) in [5, 5.41) is 6.31. The number of benzene rings is 1. The summed E-state index contributed by atoms with van der Waals surface area (Å²) in [6.07, 6.45) is 0. The second kappa shape index (κ2) is 5.01. The highest BCUT2D eigenvalue weighted by Gasteiger charge is 2.09. The molecule has 2 aromatic rings. The van der Waals surface area contributed by atoms with Gasteiger partial charge in [-0.3, -0.25) is 10.1 Å². The Labute approximate surface area is 104 Å². The number of aromatic nitrogens is 1. The van der Waals surface area contributed by atoms with Crippen molar-refractivity contribution in [2.24, 2.45) is 0 Å². The van der Waals surface area contributed by atoms with E-state index in [1.54, 1.807) is 31.2 Å². The number of carbonyl (C=O) groups excluding carboxylic acids is 1. The van der Waals surface area contributed by atoms with Crippen LogP contribution in [-0.2, 0) is 5.88 Å². The Hall–Kier alpha value is -1.81. The Balaban J connectivity index is 2.14. The largest absolute Gasteiger partial charge is 0.338 e. The van der Waals surface area contributed by atoms with Gasteiger partial charge in [0.05, 0.1) is 5.69 Å². The van der Waals surface area contributed by atoms with E-state index in [9.17, 15) is 4.79 Å². The summed E-state index contributed by atoms with van der Waals surface area (Å²) < 4.78 is 4.90. The molecule has 0 radical (unpaired) electrons. The summed E-state index contributed by atoms with van der Waals surface area (Å²) in [5.41, 5.74) is 2.15. The van der Waals surface area contributed by atoms with Crippen molar-refractivity contribution in [2.75, 3.05) is 5.32 Å². The van der Waals surface area contributed by atoms with E-state index in [0.29, 0.717) is 17.3 Å². The molecule has 0 fully saturated rings. The molecule has 0 atom stereocenters. The lowest BCUT2D eigenvalue weighted by Gasteiger charge is -2.02. The number of carbonyl (C=O) groups is 1. The first-order chi connectivity index (χ1) is 8.19. The lowest BCUT2D eigenvalue weighted by molar-refractivity contribution is 0.102. The van der Waals surface area contributed by atoms with Gasteiger partial charge in [0, 0.05) is 17.5 Å². The van der Waals surface area contributed by atoms with Gasteiger partial charge in [0.2, 0.25) is 5.88 Å². The molecule has 17 heavy (non-hydrogen) atoms. The zero-order chi connectivity index (χ0) is 12.3. The van der Waals surface area contributed by atoms with Gasteiger partial charge >= 0.3 is 0 Å². The van der Waals surface area contributed by atoms with Crippen LogP contribution in [0.1, 0.15) is 21.6 Å². The van der Waals surface area contributed by atoms with Gasteiger partial charge in [-0.05, 0) is 24.6 Å². The Morgan fingerprint density at radius 3 is 2.94 bits per heavy atom. The van der Waals surface area contributed by atoms with Crippen LogP contribution in [0.25, 0.3) is 0 Å². The normalized spacial score (nSPS) is 10.2. The number of rotatable bonds is 3. The van der Waals surface area contributed by atoms with E-state index in [4.69, 9.17) is 16.1 Å². The molecule has 2 rings (SSSR count). The number of anilines is 1. The monoisotopic (exact) mass is 250 g/mol. The quantitative estimate of drug-likeness (QED) is 0.852. The zero-order valence-electron chi connectivity index (χ0n) is 9.24. The average molecular weight is 251 g/mol. The Kier molecular flexibility index (Phi) is 3.44. The van der Waals surface area contributed by atoms with Crippen molar-refractivity contribution in [1.29, 1.82) is 0 Å². The molecule has 0 aliphatic rings. The van der Waals surface area contributed by atoms with Crippen LogP contribution in [0.3, 0.4) is 0 Å². The van der Waals surface area contributed by atoms with Crippen LogP contribution < -0.4 is 5.32 Å². The molecule has 1 heterocycles. The first-order valence-electron chi connectivity index (χ1n) is 5.08. The van der Waals surface area contributed by atoms with Gasteiger partial charge in [-0.15, -0.1) is 11.6 Å².